The highest BCUT2D eigenvalue weighted by Crippen LogP contribution is 2.23. The quantitative estimate of drug-likeness (QED) is 0.391. The molecule has 4 heteroatoms. The Hall–Kier alpha value is -1.80. The number of carbonyl (C=O) groups excluding carboxylic acids is 1. The Morgan fingerprint density at radius 1 is 1.09 bits per heavy atom. The Morgan fingerprint density at radius 2 is 1.45 bits per heavy atom. The molecule has 2 N–H and O–H groups in total. The minimum absolute atomic E-state index is 0.185. The van der Waals surface area contributed by atoms with Crippen molar-refractivity contribution in [1.29, 1.82) is 11.1 Å². The van der Waals surface area contributed by atoms with Gasteiger partial charge in [0, 0.05) is 11.1 Å². The topological polar surface area (TPSA) is 78.9 Å². The summed E-state index contributed by atoms with van der Waals surface area (Å²) in [7, 11) is 0. The van der Waals surface area contributed by atoms with Crippen molar-refractivity contribution < 1.29 is 4.79 Å². The molecule has 0 aliphatic heterocycles. The van der Waals surface area contributed by atoms with Crippen LogP contribution in [0.3, 0.4) is 0 Å². The average Bonchev–Trinajstić information content (AvgIpc) is 2.51. The SMILES string of the molecule is N=[N+]=N.O=C1C2=CC=C1C=C2. The van der Waals surface area contributed by atoms with E-state index >= 15 is 0 Å². The number of hydrogen-bond donors (Lipinski definition) is 2. The molecule has 0 unspecified atom stereocenters. The van der Waals surface area contributed by atoms with Gasteiger partial charge >= 0.3 is 0 Å². The molecule has 0 aromatic rings. The summed E-state index contributed by atoms with van der Waals surface area (Å²) in [6, 6.07) is 0. The van der Waals surface area contributed by atoms with Gasteiger partial charge in [-0.2, -0.15) is 0 Å². The van der Waals surface area contributed by atoms with Crippen LogP contribution in [0.1, 0.15) is 0 Å². The molecule has 4 nitrogen and oxygen atoms in total. The molecule has 11 heavy (non-hydrogen) atoms. The van der Waals surface area contributed by atoms with Gasteiger partial charge in [-0.3, -0.25) is 4.79 Å². The maximum Gasteiger partial charge on any atom is 0.211 e. The Morgan fingerprint density at radius 3 is 1.55 bits per heavy atom. The molecule has 0 spiro atoms. The van der Waals surface area contributed by atoms with Gasteiger partial charge in [-0.1, -0.05) is 24.3 Å². The van der Waals surface area contributed by atoms with Crippen LogP contribution >= 0.6 is 0 Å². The fourth-order valence-electron chi connectivity index (χ4n) is 0.940. The van der Waals surface area contributed by atoms with Crippen molar-refractivity contribution in [2.45, 2.75) is 0 Å². The van der Waals surface area contributed by atoms with Crippen LogP contribution in [0.5, 0.6) is 0 Å². The summed E-state index contributed by atoms with van der Waals surface area (Å²) in [5.74, 6) is 0.185. The lowest BCUT2D eigenvalue weighted by Gasteiger charge is -1.78. The number of allylic oxidation sites excluding steroid dienone is 6. The van der Waals surface area contributed by atoms with Gasteiger partial charge in [0.15, 0.2) is 5.78 Å². The lowest BCUT2D eigenvalue weighted by Crippen LogP contribution is -1.89. The molecule has 0 saturated carbocycles. The van der Waals surface area contributed by atoms with E-state index in [1.807, 2.05) is 29.2 Å². The summed E-state index contributed by atoms with van der Waals surface area (Å²) in [6.45, 7) is 0. The first-order chi connectivity index (χ1) is 5.29. The summed E-state index contributed by atoms with van der Waals surface area (Å²) >= 11 is 0. The molecule has 0 fully saturated rings. The van der Waals surface area contributed by atoms with Gasteiger partial charge in [0.2, 0.25) is 4.91 Å². The summed E-state index contributed by atoms with van der Waals surface area (Å²) in [6.07, 6.45) is 7.38. The van der Waals surface area contributed by atoms with Crippen molar-refractivity contribution in [3.63, 3.8) is 0 Å². The van der Waals surface area contributed by atoms with Gasteiger partial charge in [0.05, 0.1) is 0 Å². The lowest BCUT2D eigenvalue weighted by atomic mass is 10.2. The predicted octanol–water partition coefficient (Wildman–Crippen LogP) is 1.11. The lowest BCUT2D eigenvalue weighted by molar-refractivity contribution is -0.111. The number of carbonyl (C=O) groups is 1. The normalized spacial score (nSPS) is 16.5. The highest BCUT2D eigenvalue weighted by atomic mass is 16.1. The van der Waals surface area contributed by atoms with Crippen LogP contribution in [-0.2, 0) is 4.79 Å². The van der Waals surface area contributed by atoms with Gasteiger partial charge in [-0.25, -0.2) is 0 Å². The maximum atomic E-state index is 10.8. The zero-order valence-electron chi connectivity index (χ0n) is 5.66. The number of nitrogens with zero attached hydrogens (tertiary/aromatic N) is 1. The fraction of sp³-hybridized carbons (Fsp3) is 0. The molecular formula is C7H6N3O+. The standard InChI is InChI=1S/C7H4O.H2N3/c8-7-5-1-2-6(7)4-3-5;1-3-2/h1-4H;1-2H/q;+1. The molecule has 0 aromatic heterocycles. The largest absolute Gasteiger partial charge is 0.289 e. The highest BCUT2D eigenvalue weighted by molar-refractivity contribution is 6.17. The van der Waals surface area contributed by atoms with E-state index in [0.717, 1.165) is 11.1 Å². The molecule has 2 aliphatic carbocycles. The number of nitrogens with one attached hydrogen (secondary N) is 2. The zero-order chi connectivity index (χ0) is 8.27. The maximum absolute atomic E-state index is 10.8. The van der Waals surface area contributed by atoms with Crippen molar-refractivity contribution in [2.75, 3.05) is 0 Å². The third-order valence-electron chi connectivity index (χ3n) is 1.41. The summed E-state index contributed by atoms with van der Waals surface area (Å²) in [5.41, 5.74) is 12.7. The molecular weight excluding hydrogens is 142 g/mol. The van der Waals surface area contributed by atoms with E-state index in [1.165, 1.54) is 0 Å². The van der Waals surface area contributed by atoms with Gasteiger partial charge in [-0.15, -0.1) is 0 Å². The molecule has 2 bridgehead atoms. The number of Topliss-reactive ketones (excluding diaryl/α,β-unsaturated/α-hetero) is 1. The van der Waals surface area contributed by atoms with E-state index < -0.39 is 0 Å². The Kier molecular flexibility index (Phi) is 1.90. The highest BCUT2D eigenvalue weighted by Gasteiger charge is 2.19. The van der Waals surface area contributed by atoms with E-state index in [1.54, 1.807) is 0 Å². The van der Waals surface area contributed by atoms with E-state index in [4.69, 9.17) is 11.1 Å². The molecule has 2 rings (SSSR count). The van der Waals surface area contributed by atoms with Crippen molar-refractivity contribution in [3.05, 3.63) is 35.5 Å². The molecule has 0 amide bonds. The van der Waals surface area contributed by atoms with Crippen molar-refractivity contribution in [1.82, 2.24) is 4.91 Å². The summed E-state index contributed by atoms with van der Waals surface area (Å²) in [5, 5.41) is 0. The molecule has 54 valence electrons. The van der Waals surface area contributed by atoms with Crippen LogP contribution in [0.4, 0.5) is 0 Å². The third kappa shape index (κ3) is 1.20. The van der Waals surface area contributed by atoms with Gasteiger partial charge in [-0.05, 0) is 0 Å². The molecule has 0 radical (unpaired) electrons. The van der Waals surface area contributed by atoms with Crippen molar-refractivity contribution in [2.24, 2.45) is 0 Å². The first kappa shape index (κ1) is 7.31. The second kappa shape index (κ2) is 2.86. The number of ketones is 1. The zero-order valence-corrected chi connectivity index (χ0v) is 5.66. The van der Waals surface area contributed by atoms with Crippen LogP contribution in [0.2, 0.25) is 0 Å². The third-order valence-corrected chi connectivity index (χ3v) is 1.41. The fourth-order valence-corrected chi connectivity index (χ4v) is 0.940. The Labute approximate surface area is 62.9 Å². The summed E-state index contributed by atoms with van der Waals surface area (Å²) < 4.78 is 0. The van der Waals surface area contributed by atoms with E-state index in [9.17, 15) is 4.79 Å². The predicted molar refractivity (Wildman–Crippen MR) is 37.9 cm³/mol. The minimum atomic E-state index is 0.185. The van der Waals surface area contributed by atoms with Crippen molar-refractivity contribution in [3.8, 4) is 0 Å². The smallest absolute Gasteiger partial charge is 0.211 e. The second-order valence-electron chi connectivity index (χ2n) is 2.02. The van der Waals surface area contributed by atoms with Crippen LogP contribution in [0.25, 0.3) is 0 Å². The number of hydrogen-bond acceptors (Lipinski definition) is 3. The van der Waals surface area contributed by atoms with Crippen LogP contribution in [0.15, 0.2) is 35.5 Å². The van der Waals surface area contributed by atoms with E-state index in [-0.39, 0.29) is 5.78 Å². The van der Waals surface area contributed by atoms with Crippen LogP contribution in [-0.4, -0.2) is 5.78 Å². The number of rotatable bonds is 0. The average molecular weight is 148 g/mol. The van der Waals surface area contributed by atoms with Gasteiger partial charge < -0.3 is 0 Å². The van der Waals surface area contributed by atoms with E-state index in [0.29, 0.717) is 0 Å². The van der Waals surface area contributed by atoms with Gasteiger partial charge in [0.25, 0.3) is 0 Å². The first-order valence-electron chi connectivity index (χ1n) is 2.97. The molecule has 0 heterocycles. The summed E-state index contributed by atoms with van der Waals surface area (Å²) in [4.78, 5) is 12.8. The van der Waals surface area contributed by atoms with Crippen molar-refractivity contribution >= 4 is 5.78 Å². The molecule has 0 atom stereocenters. The van der Waals surface area contributed by atoms with Crippen LogP contribution in [0, 0.1) is 11.1 Å². The molecule has 0 aromatic carbocycles. The minimum Gasteiger partial charge on any atom is -0.289 e. The van der Waals surface area contributed by atoms with E-state index in [2.05, 4.69) is 0 Å². The molecule has 2 aliphatic rings. The second-order valence-corrected chi connectivity index (χ2v) is 2.02. The van der Waals surface area contributed by atoms with Crippen LogP contribution < -0.4 is 4.91 Å². The Balaban J connectivity index is 0.000000179. The van der Waals surface area contributed by atoms with Gasteiger partial charge in [0.1, 0.15) is 11.1 Å². The Bertz CT molecular complexity index is 293. The number of fused-ring (bicyclic) bond motifs is 2. The first-order valence-corrected chi connectivity index (χ1v) is 2.97. The molecule has 0 saturated heterocycles. The monoisotopic (exact) mass is 148 g/mol.